The topological polar surface area (TPSA) is 63.7 Å². The number of aromatic nitrogens is 1. The van der Waals surface area contributed by atoms with Crippen LogP contribution in [0.2, 0.25) is 0 Å². The van der Waals surface area contributed by atoms with Crippen LogP contribution in [0.1, 0.15) is 5.56 Å². The van der Waals surface area contributed by atoms with Crippen molar-refractivity contribution in [1.82, 2.24) is 10.4 Å². The second kappa shape index (κ2) is 5.64. The van der Waals surface area contributed by atoms with Gasteiger partial charge in [-0.3, -0.25) is 5.01 Å². The van der Waals surface area contributed by atoms with E-state index in [0.717, 1.165) is 28.9 Å². The largest absolute Gasteiger partial charge is 0.454 e. The van der Waals surface area contributed by atoms with Gasteiger partial charge in [0.2, 0.25) is 6.79 Å². The van der Waals surface area contributed by atoms with Gasteiger partial charge >= 0.3 is 0 Å². The number of anilines is 1. The summed E-state index contributed by atoms with van der Waals surface area (Å²) in [5, 5.41) is 1.76. The highest BCUT2D eigenvalue weighted by molar-refractivity contribution is 5.71. The second-order valence-corrected chi connectivity index (χ2v) is 5.35. The highest BCUT2D eigenvalue weighted by Gasteiger charge is 2.28. The molecule has 0 saturated heterocycles. The lowest BCUT2D eigenvalue weighted by Crippen LogP contribution is -2.40. The van der Waals surface area contributed by atoms with Crippen LogP contribution in [0.5, 0.6) is 11.5 Å². The van der Waals surface area contributed by atoms with Crippen molar-refractivity contribution in [2.75, 3.05) is 11.8 Å². The number of carbonyl (C=O) groups is 1. The van der Waals surface area contributed by atoms with Crippen molar-refractivity contribution < 1.29 is 14.3 Å². The molecule has 2 aliphatic rings. The zero-order chi connectivity index (χ0) is 15.6. The highest BCUT2D eigenvalue weighted by atomic mass is 16.7. The summed E-state index contributed by atoms with van der Waals surface area (Å²) in [5.74, 6) is 2.22. The summed E-state index contributed by atoms with van der Waals surface area (Å²) in [6.45, 7) is 0.257. The fraction of sp³-hybridized carbons (Fsp3) is 0.176. The number of rotatable bonds is 4. The maximum atomic E-state index is 11.6. The van der Waals surface area contributed by atoms with E-state index in [0.29, 0.717) is 12.2 Å². The molecule has 3 heterocycles. The summed E-state index contributed by atoms with van der Waals surface area (Å²) in [6, 6.07) is 11.1. The Morgan fingerprint density at radius 2 is 2.17 bits per heavy atom. The van der Waals surface area contributed by atoms with Gasteiger partial charge in [-0.25, -0.2) is 4.98 Å². The van der Waals surface area contributed by atoms with Crippen molar-refractivity contribution in [1.29, 1.82) is 0 Å². The van der Waals surface area contributed by atoms with Crippen LogP contribution in [0.15, 0.2) is 54.4 Å². The normalized spacial score (nSPS) is 18.5. The van der Waals surface area contributed by atoms with Crippen LogP contribution in [-0.4, -0.2) is 24.1 Å². The van der Waals surface area contributed by atoms with E-state index in [1.54, 1.807) is 11.2 Å². The molecule has 0 spiro atoms. The molecule has 116 valence electrons. The molecule has 6 nitrogen and oxygen atoms in total. The number of aldehydes is 1. The first-order chi connectivity index (χ1) is 11.3. The van der Waals surface area contributed by atoms with Crippen molar-refractivity contribution in [3.8, 4) is 11.5 Å². The smallest absolute Gasteiger partial charge is 0.231 e. The van der Waals surface area contributed by atoms with Crippen molar-refractivity contribution in [2.45, 2.75) is 12.5 Å². The molecule has 0 fully saturated rings. The molecule has 0 saturated carbocycles. The molecule has 1 N–H and O–H groups in total. The van der Waals surface area contributed by atoms with E-state index in [1.807, 2.05) is 42.6 Å². The molecule has 1 unspecified atom stereocenters. The Balaban J connectivity index is 1.54. The van der Waals surface area contributed by atoms with Crippen LogP contribution in [0.25, 0.3) is 0 Å². The van der Waals surface area contributed by atoms with Crippen molar-refractivity contribution in [3.63, 3.8) is 0 Å². The van der Waals surface area contributed by atoms with Crippen LogP contribution < -0.4 is 19.9 Å². The molecule has 1 aromatic heterocycles. The molecular weight excluding hydrogens is 294 g/mol. The number of pyridine rings is 1. The maximum Gasteiger partial charge on any atom is 0.231 e. The van der Waals surface area contributed by atoms with Gasteiger partial charge in [-0.05, 0) is 41.8 Å². The molecule has 4 rings (SSSR count). The Bertz CT molecular complexity index is 761. The molecule has 2 aromatic rings. The van der Waals surface area contributed by atoms with E-state index >= 15 is 0 Å². The van der Waals surface area contributed by atoms with Gasteiger partial charge in [-0.1, -0.05) is 12.1 Å². The standard InChI is InChI=1S/C17H15N3O3/c21-10-14-13(9-19-20(14)17-3-1-2-6-18-17)7-12-4-5-15-16(8-12)23-11-22-15/h1-6,8-10,14,19H,7,11H2. The molecule has 0 aliphatic carbocycles. The van der Waals surface area contributed by atoms with E-state index < -0.39 is 0 Å². The predicted octanol–water partition coefficient (Wildman–Crippen LogP) is 1.83. The Hall–Kier alpha value is -3.02. The Morgan fingerprint density at radius 3 is 3.00 bits per heavy atom. The van der Waals surface area contributed by atoms with Gasteiger partial charge < -0.3 is 19.7 Å². The first-order valence-electron chi connectivity index (χ1n) is 7.34. The van der Waals surface area contributed by atoms with Gasteiger partial charge in [-0.15, -0.1) is 0 Å². The fourth-order valence-electron chi connectivity index (χ4n) is 2.78. The number of nitrogens with one attached hydrogen (secondary N) is 1. The molecule has 0 radical (unpaired) electrons. The van der Waals surface area contributed by atoms with Crippen LogP contribution in [0.3, 0.4) is 0 Å². The van der Waals surface area contributed by atoms with E-state index in [2.05, 4.69) is 10.4 Å². The molecule has 6 heteroatoms. The fourth-order valence-corrected chi connectivity index (χ4v) is 2.78. The molecule has 0 bridgehead atoms. The zero-order valence-electron chi connectivity index (χ0n) is 12.3. The first kappa shape index (κ1) is 13.6. The SMILES string of the molecule is O=CC1C(Cc2ccc3c(c2)OCO3)=CNN1c1ccccn1. The first-order valence-corrected chi connectivity index (χ1v) is 7.34. The van der Waals surface area contributed by atoms with Crippen molar-refractivity contribution in [3.05, 3.63) is 59.9 Å². The third-order valence-corrected chi connectivity index (χ3v) is 3.92. The third kappa shape index (κ3) is 2.48. The van der Waals surface area contributed by atoms with Gasteiger partial charge in [-0.2, -0.15) is 0 Å². The van der Waals surface area contributed by atoms with E-state index in [-0.39, 0.29) is 12.8 Å². The molecule has 0 amide bonds. The van der Waals surface area contributed by atoms with Crippen LogP contribution in [-0.2, 0) is 11.2 Å². The number of ether oxygens (including phenoxy) is 2. The minimum Gasteiger partial charge on any atom is -0.454 e. The van der Waals surface area contributed by atoms with Crippen molar-refractivity contribution in [2.24, 2.45) is 0 Å². The highest BCUT2D eigenvalue weighted by Crippen LogP contribution is 2.33. The zero-order valence-corrected chi connectivity index (χ0v) is 12.3. The van der Waals surface area contributed by atoms with E-state index in [1.165, 1.54) is 0 Å². The third-order valence-electron chi connectivity index (χ3n) is 3.92. The number of hydrogen-bond donors (Lipinski definition) is 1. The lowest BCUT2D eigenvalue weighted by atomic mass is 10.0. The minimum atomic E-state index is -0.379. The van der Waals surface area contributed by atoms with Crippen molar-refractivity contribution >= 4 is 12.1 Å². The summed E-state index contributed by atoms with van der Waals surface area (Å²) in [7, 11) is 0. The summed E-state index contributed by atoms with van der Waals surface area (Å²) < 4.78 is 10.7. The van der Waals surface area contributed by atoms with Gasteiger partial charge in [0.1, 0.15) is 18.1 Å². The van der Waals surface area contributed by atoms with E-state index in [4.69, 9.17) is 9.47 Å². The maximum absolute atomic E-state index is 11.6. The molecule has 2 aliphatic heterocycles. The summed E-state index contributed by atoms with van der Waals surface area (Å²) >= 11 is 0. The second-order valence-electron chi connectivity index (χ2n) is 5.35. The quantitative estimate of drug-likeness (QED) is 0.869. The van der Waals surface area contributed by atoms with Gasteiger partial charge in [0.15, 0.2) is 11.5 Å². The van der Waals surface area contributed by atoms with Gasteiger partial charge in [0, 0.05) is 12.4 Å². The molecular formula is C17H15N3O3. The summed E-state index contributed by atoms with van der Waals surface area (Å²) in [6.07, 6.45) is 5.14. The lowest BCUT2D eigenvalue weighted by Gasteiger charge is -2.23. The molecule has 23 heavy (non-hydrogen) atoms. The van der Waals surface area contributed by atoms with Gasteiger partial charge in [0.05, 0.1) is 0 Å². The average Bonchev–Trinajstić information content (AvgIpc) is 3.21. The summed E-state index contributed by atoms with van der Waals surface area (Å²) in [4.78, 5) is 15.9. The molecule has 1 aromatic carbocycles. The predicted molar refractivity (Wildman–Crippen MR) is 84.1 cm³/mol. The Morgan fingerprint density at radius 1 is 1.26 bits per heavy atom. The van der Waals surface area contributed by atoms with Crippen LogP contribution >= 0.6 is 0 Å². The number of fused-ring (bicyclic) bond motifs is 1. The van der Waals surface area contributed by atoms with Crippen LogP contribution in [0, 0.1) is 0 Å². The van der Waals surface area contributed by atoms with Gasteiger partial charge in [0.25, 0.3) is 0 Å². The number of carbonyl (C=O) groups excluding carboxylic acids is 1. The molecule has 1 atom stereocenters. The Labute approximate surface area is 133 Å². The number of hydrogen-bond acceptors (Lipinski definition) is 6. The Kier molecular flexibility index (Phi) is 3.34. The number of benzene rings is 1. The monoisotopic (exact) mass is 309 g/mol. The number of nitrogens with zero attached hydrogens (tertiary/aromatic N) is 2. The lowest BCUT2D eigenvalue weighted by molar-refractivity contribution is -0.108. The average molecular weight is 309 g/mol. The van der Waals surface area contributed by atoms with E-state index in [9.17, 15) is 4.79 Å². The minimum absolute atomic E-state index is 0.257. The number of hydrazine groups is 1. The van der Waals surface area contributed by atoms with Crippen LogP contribution in [0.4, 0.5) is 5.82 Å². The summed E-state index contributed by atoms with van der Waals surface area (Å²) in [5.41, 5.74) is 5.16.